The molecule has 1 N–H and O–H groups in total. The molecule has 3 aromatic carbocycles. The van der Waals surface area contributed by atoms with Gasteiger partial charge in [0.15, 0.2) is 0 Å². The Bertz CT molecular complexity index is 1410. The third kappa shape index (κ3) is 6.87. The lowest BCUT2D eigenvalue weighted by molar-refractivity contribution is -0.140. The Morgan fingerprint density at radius 3 is 2.08 bits per heavy atom. The van der Waals surface area contributed by atoms with Crippen molar-refractivity contribution >= 4 is 17.6 Å². The van der Waals surface area contributed by atoms with E-state index in [1.807, 2.05) is 60.7 Å². The van der Waals surface area contributed by atoms with Crippen molar-refractivity contribution in [3.8, 4) is 22.4 Å². The zero-order valence-corrected chi connectivity index (χ0v) is 23.5. The Labute approximate surface area is 236 Å². The number of aromatic nitrogens is 1. The van der Waals surface area contributed by atoms with Crippen molar-refractivity contribution in [1.82, 2.24) is 4.57 Å². The van der Waals surface area contributed by atoms with Gasteiger partial charge in [-0.1, -0.05) is 75.2 Å². The van der Waals surface area contributed by atoms with Crippen LogP contribution in [0.25, 0.3) is 22.4 Å². The number of rotatable bonds is 12. The second-order valence-corrected chi connectivity index (χ2v) is 10.2. The first-order valence-corrected chi connectivity index (χ1v) is 13.9. The van der Waals surface area contributed by atoms with Crippen LogP contribution in [0.15, 0.2) is 84.9 Å². The van der Waals surface area contributed by atoms with E-state index in [0.717, 1.165) is 59.4 Å². The Hall–Kier alpha value is -4.19. The number of ether oxygens (including phenoxy) is 1. The fraction of sp³-hybridized carbons (Fsp3) is 0.294. The van der Waals surface area contributed by atoms with Crippen molar-refractivity contribution in [3.63, 3.8) is 0 Å². The number of esters is 1. The predicted molar refractivity (Wildman–Crippen MR) is 159 cm³/mol. The first kappa shape index (κ1) is 28.8. The van der Waals surface area contributed by atoms with Crippen LogP contribution in [0.5, 0.6) is 0 Å². The van der Waals surface area contributed by atoms with Gasteiger partial charge in [-0.2, -0.15) is 0 Å². The van der Waals surface area contributed by atoms with Gasteiger partial charge in [-0.05, 0) is 66.3 Å². The number of anilines is 1. The van der Waals surface area contributed by atoms with E-state index in [4.69, 9.17) is 4.74 Å². The molecule has 0 unspecified atom stereocenters. The van der Waals surface area contributed by atoms with Gasteiger partial charge >= 0.3 is 5.97 Å². The molecule has 0 radical (unpaired) electrons. The average Bonchev–Trinajstić information content (AvgIpc) is 3.31. The van der Waals surface area contributed by atoms with Crippen molar-refractivity contribution in [2.75, 3.05) is 12.4 Å². The van der Waals surface area contributed by atoms with Gasteiger partial charge in [0.05, 0.1) is 18.4 Å². The summed E-state index contributed by atoms with van der Waals surface area (Å²) in [4.78, 5) is 25.6. The highest BCUT2D eigenvalue weighted by molar-refractivity contribution is 6.12. The SMILES string of the molecule is COC(=O)CCCCCCn1c(-c2ccc(F)cc2)c(-c2ccccc2)c(C(=O)Nc2ccccc2)c1C(C)C. The Morgan fingerprint density at radius 2 is 1.45 bits per heavy atom. The molecular formula is C34H37FN2O3. The lowest BCUT2D eigenvalue weighted by atomic mass is 9.94. The molecule has 1 amide bonds. The number of para-hydroxylation sites is 1. The topological polar surface area (TPSA) is 60.3 Å². The fourth-order valence-electron chi connectivity index (χ4n) is 5.20. The summed E-state index contributed by atoms with van der Waals surface area (Å²) in [6.45, 7) is 4.90. The Kier molecular flexibility index (Phi) is 9.90. The molecule has 0 fully saturated rings. The number of carbonyl (C=O) groups excluding carboxylic acids is 2. The van der Waals surface area contributed by atoms with Gasteiger partial charge in [0.1, 0.15) is 5.82 Å². The summed E-state index contributed by atoms with van der Waals surface area (Å²) in [7, 11) is 1.41. The molecule has 5 nitrogen and oxygen atoms in total. The highest BCUT2D eigenvalue weighted by Gasteiger charge is 2.30. The summed E-state index contributed by atoms with van der Waals surface area (Å²) in [6, 6.07) is 25.9. The second-order valence-electron chi connectivity index (χ2n) is 10.2. The molecule has 0 saturated heterocycles. The van der Waals surface area contributed by atoms with Gasteiger partial charge in [0.25, 0.3) is 5.91 Å². The molecular weight excluding hydrogens is 503 g/mol. The molecule has 1 heterocycles. The lowest BCUT2D eigenvalue weighted by Gasteiger charge is -2.17. The number of hydrogen-bond donors (Lipinski definition) is 1. The Balaban J connectivity index is 1.83. The number of nitrogens with one attached hydrogen (secondary N) is 1. The second kappa shape index (κ2) is 13.7. The van der Waals surface area contributed by atoms with Gasteiger partial charge in [-0.25, -0.2) is 4.39 Å². The van der Waals surface area contributed by atoms with Crippen LogP contribution in [-0.4, -0.2) is 23.6 Å². The molecule has 0 aliphatic rings. The lowest BCUT2D eigenvalue weighted by Crippen LogP contribution is -2.16. The van der Waals surface area contributed by atoms with E-state index in [2.05, 4.69) is 23.7 Å². The van der Waals surface area contributed by atoms with Crippen LogP contribution < -0.4 is 5.32 Å². The maximum absolute atomic E-state index is 14.1. The van der Waals surface area contributed by atoms with Crippen LogP contribution in [0.4, 0.5) is 10.1 Å². The fourth-order valence-corrected chi connectivity index (χ4v) is 5.20. The van der Waals surface area contributed by atoms with Crippen molar-refractivity contribution in [2.24, 2.45) is 0 Å². The van der Waals surface area contributed by atoms with E-state index in [1.165, 1.54) is 19.2 Å². The van der Waals surface area contributed by atoms with Crippen LogP contribution in [0.1, 0.15) is 67.9 Å². The molecule has 208 valence electrons. The van der Waals surface area contributed by atoms with Gasteiger partial charge < -0.3 is 14.6 Å². The molecule has 0 spiro atoms. The summed E-state index contributed by atoms with van der Waals surface area (Å²) in [5.74, 6) is -0.617. The largest absolute Gasteiger partial charge is 0.469 e. The first-order valence-electron chi connectivity index (χ1n) is 13.9. The average molecular weight is 541 g/mol. The number of methoxy groups -OCH3 is 1. The van der Waals surface area contributed by atoms with E-state index < -0.39 is 0 Å². The Morgan fingerprint density at radius 1 is 0.825 bits per heavy atom. The number of benzene rings is 3. The zero-order valence-electron chi connectivity index (χ0n) is 23.5. The normalized spacial score (nSPS) is 11.0. The molecule has 0 atom stereocenters. The number of halogens is 1. The van der Waals surface area contributed by atoms with Gasteiger partial charge in [-0.15, -0.1) is 0 Å². The van der Waals surface area contributed by atoms with E-state index >= 15 is 0 Å². The highest BCUT2D eigenvalue weighted by Crippen LogP contribution is 2.42. The van der Waals surface area contributed by atoms with E-state index in [1.54, 1.807) is 12.1 Å². The van der Waals surface area contributed by atoms with E-state index in [-0.39, 0.29) is 23.6 Å². The number of unbranched alkanes of at least 4 members (excludes halogenated alkanes) is 3. The minimum Gasteiger partial charge on any atom is -0.469 e. The third-order valence-electron chi connectivity index (χ3n) is 7.03. The van der Waals surface area contributed by atoms with Crippen LogP contribution in [0.2, 0.25) is 0 Å². The third-order valence-corrected chi connectivity index (χ3v) is 7.03. The summed E-state index contributed by atoms with van der Waals surface area (Å²) in [5.41, 5.74) is 5.84. The van der Waals surface area contributed by atoms with Gasteiger partial charge in [0, 0.05) is 29.9 Å². The smallest absolute Gasteiger partial charge is 0.305 e. The van der Waals surface area contributed by atoms with E-state index in [0.29, 0.717) is 18.5 Å². The number of hydrogen-bond acceptors (Lipinski definition) is 3. The minimum absolute atomic E-state index is 0.0486. The van der Waals surface area contributed by atoms with Gasteiger partial charge in [0.2, 0.25) is 0 Å². The minimum atomic E-state index is -0.306. The molecule has 0 aliphatic carbocycles. The summed E-state index contributed by atoms with van der Waals surface area (Å²) >= 11 is 0. The van der Waals surface area contributed by atoms with Crippen LogP contribution in [-0.2, 0) is 16.1 Å². The molecule has 1 aromatic heterocycles. The molecule has 4 rings (SSSR count). The van der Waals surface area contributed by atoms with Crippen LogP contribution in [0.3, 0.4) is 0 Å². The van der Waals surface area contributed by atoms with Crippen molar-refractivity contribution < 1.29 is 18.7 Å². The summed E-state index contributed by atoms with van der Waals surface area (Å²) in [5, 5.41) is 3.11. The summed E-state index contributed by atoms with van der Waals surface area (Å²) < 4.78 is 21.0. The molecule has 6 heteroatoms. The van der Waals surface area contributed by atoms with Gasteiger partial charge in [-0.3, -0.25) is 9.59 Å². The van der Waals surface area contributed by atoms with Crippen molar-refractivity contribution in [1.29, 1.82) is 0 Å². The maximum Gasteiger partial charge on any atom is 0.305 e. The quantitative estimate of drug-likeness (QED) is 0.145. The van der Waals surface area contributed by atoms with Crippen LogP contribution in [0, 0.1) is 5.82 Å². The molecule has 0 aliphatic heterocycles. The predicted octanol–water partition coefficient (Wildman–Crippen LogP) is 8.46. The molecule has 0 bridgehead atoms. The molecule has 40 heavy (non-hydrogen) atoms. The summed E-state index contributed by atoms with van der Waals surface area (Å²) in [6.07, 6.45) is 3.91. The van der Waals surface area contributed by atoms with Crippen LogP contribution >= 0.6 is 0 Å². The highest BCUT2D eigenvalue weighted by atomic mass is 19.1. The molecule has 0 saturated carbocycles. The monoisotopic (exact) mass is 540 g/mol. The van der Waals surface area contributed by atoms with Crippen molar-refractivity contribution in [3.05, 3.63) is 102 Å². The number of carbonyl (C=O) groups is 2. The number of amides is 1. The van der Waals surface area contributed by atoms with Crippen molar-refractivity contribution in [2.45, 2.75) is 58.4 Å². The zero-order chi connectivity index (χ0) is 28.5. The standard InChI is InChI=1S/C34H37FN2O3/c1-24(2)32-31(34(39)36-28-16-10-7-11-17-28)30(25-14-8-6-9-15-25)33(26-19-21-27(35)22-20-26)37(32)23-13-5-4-12-18-29(38)40-3/h6-11,14-17,19-22,24H,4-5,12-13,18,23H2,1-3H3,(H,36,39). The first-order chi connectivity index (χ1) is 19.4. The number of nitrogens with zero attached hydrogens (tertiary/aromatic N) is 1. The molecule has 4 aromatic rings. The van der Waals surface area contributed by atoms with E-state index in [9.17, 15) is 14.0 Å². The maximum atomic E-state index is 14.1.